The Kier molecular flexibility index (Phi) is 6.76. The maximum Gasteiger partial charge on any atom is 0.234 e. The van der Waals surface area contributed by atoms with Gasteiger partial charge in [-0.05, 0) is 67.8 Å². The van der Waals surface area contributed by atoms with Gasteiger partial charge in [-0.15, -0.1) is 10.2 Å². The van der Waals surface area contributed by atoms with Crippen molar-refractivity contribution in [3.05, 3.63) is 48.5 Å². The first-order valence-electron chi connectivity index (χ1n) is 10.5. The molecule has 1 fully saturated rings. The van der Waals surface area contributed by atoms with Crippen LogP contribution >= 0.6 is 11.8 Å². The summed E-state index contributed by atoms with van der Waals surface area (Å²) in [6, 6.07) is 15.8. The zero-order valence-corrected chi connectivity index (χ0v) is 18.7. The minimum absolute atomic E-state index is 0.0651. The number of piperidine rings is 1. The predicted octanol–water partition coefficient (Wildman–Crippen LogP) is 4.21. The first-order chi connectivity index (χ1) is 15.1. The van der Waals surface area contributed by atoms with E-state index in [0.717, 1.165) is 35.9 Å². The molecule has 1 aliphatic rings. The number of thioether (sulfide) groups is 1. The molecule has 0 aliphatic carbocycles. The number of carbonyl (C=O) groups excluding carboxylic acids is 1. The molecular weight excluding hydrogens is 410 g/mol. The number of aromatic nitrogens is 3. The lowest BCUT2D eigenvalue weighted by atomic mass is 10.1. The highest BCUT2D eigenvalue weighted by molar-refractivity contribution is 7.99. The number of carbonyl (C=O) groups is 1. The molecule has 31 heavy (non-hydrogen) atoms. The number of anilines is 2. The Morgan fingerprint density at radius 1 is 1.03 bits per heavy atom. The maximum absolute atomic E-state index is 12.4. The van der Waals surface area contributed by atoms with Crippen LogP contribution in [0.3, 0.4) is 0 Å². The Balaban J connectivity index is 1.32. The Hall–Kier alpha value is -3.00. The second-order valence-corrected chi connectivity index (χ2v) is 8.47. The fraction of sp³-hybridized carbons (Fsp3) is 0.348. The zero-order chi connectivity index (χ0) is 21.6. The molecule has 0 spiro atoms. The number of amides is 1. The number of hydrogen-bond acceptors (Lipinski definition) is 6. The molecule has 1 aliphatic heterocycles. The molecule has 1 N–H and O–H groups in total. The number of nitrogens with zero attached hydrogens (tertiary/aromatic N) is 4. The van der Waals surface area contributed by atoms with Gasteiger partial charge in [0.25, 0.3) is 0 Å². The molecule has 0 radical (unpaired) electrons. The van der Waals surface area contributed by atoms with E-state index in [9.17, 15) is 4.79 Å². The first-order valence-corrected chi connectivity index (χ1v) is 11.4. The quantitative estimate of drug-likeness (QED) is 0.558. The second-order valence-electron chi connectivity index (χ2n) is 7.53. The molecule has 0 saturated carbocycles. The largest absolute Gasteiger partial charge is 0.497 e. The van der Waals surface area contributed by atoms with Gasteiger partial charge < -0.3 is 19.5 Å². The van der Waals surface area contributed by atoms with Crippen LogP contribution in [-0.2, 0) is 11.8 Å². The summed E-state index contributed by atoms with van der Waals surface area (Å²) in [5.41, 5.74) is 2.97. The molecule has 1 aromatic heterocycles. The van der Waals surface area contributed by atoms with Crippen molar-refractivity contribution in [3.63, 3.8) is 0 Å². The van der Waals surface area contributed by atoms with Crippen molar-refractivity contribution in [3.8, 4) is 17.1 Å². The highest BCUT2D eigenvalue weighted by Gasteiger charge is 2.14. The fourth-order valence-electron chi connectivity index (χ4n) is 3.67. The van der Waals surface area contributed by atoms with E-state index in [0.29, 0.717) is 5.16 Å². The van der Waals surface area contributed by atoms with Crippen molar-refractivity contribution in [2.75, 3.05) is 36.2 Å². The molecule has 8 heteroatoms. The number of hydrogen-bond donors (Lipinski definition) is 1. The fourth-order valence-corrected chi connectivity index (χ4v) is 4.38. The van der Waals surface area contributed by atoms with E-state index in [1.165, 1.54) is 36.7 Å². The minimum Gasteiger partial charge on any atom is -0.497 e. The lowest BCUT2D eigenvalue weighted by molar-refractivity contribution is -0.113. The lowest BCUT2D eigenvalue weighted by Gasteiger charge is -2.28. The smallest absolute Gasteiger partial charge is 0.234 e. The van der Waals surface area contributed by atoms with Crippen LogP contribution < -0.4 is 15.0 Å². The van der Waals surface area contributed by atoms with Gasteiger partial charge in [0.1, 0.15) is 5.75 Å². The highest BCUT2D eigenvalue weighted by Crippen LogP contribution is 2.25. The van der Waals surface area contributed by atoms with Gasteiger partial charge in [0, 0.05) is 37.1 Å². The van der Waals surface area contributed by atoms with Crippen molar-refractivity contribution < 1.29 is 9.53 Å². The van der Waals surface area contributed by atoms with E-state index in [1.54, 1.807) is 7.11 Å². The molecule has 7 nitrogen and oxygen atoms in total. The van der Waals surface area contributed by atoms with Gasteiger partial charge >= 0.3 is 0 Å². The van der Waals surface area contributed by atoms with Crippen LogP contribution in [-0.4, -0.2) is 46.6 Å². The standard InChI is InChI=1S/C23H27N5O2S/c1-27-22(17-6-12-20(30-2)13-7-17)25-26-23(27)31-16-21(29)24-18-8-10-19(11-9-18)28-14-4-3-5-15-28/h6-13H,3-5,14-16H2,1-2H3,(H,24,29). The number of ether oxygens (including phenoxy) is 1. The average molecular weight is 438 g/mol. The summed E-state index contributed by atoms with van der Waals surface area (Å²) in [6.07, 6.45) is 3.81. The summed E-state index contributed by atoms with van der Waals surface area (Å²) in [5.74, 6) is 1.74. The van der Waals surface area contributed by atoms with Crippen LogP contribution in [0, 0.1) is 0 Å². The van der Waals surface area contributed by atoms with Crippen molar-refractivity contribution in [1.82, 2.24) is 14.8 Å². The van der Waals surface area contributed by atoms with E-state index in [4.69, 9.17) is 4.74 Å². The monoisotopic (exact) mass is 437 g/mol. The molecule has 0 bridgehead atoms. The van der Waals surface area contributed by atoms with Crippen LogP contribution in [0.1, 0.15) is 19.3 Å². The van der Waals surface area contributed by atoms with E-state index in [-0.39, 0.29) is 11.7 Å². The molecule has 0 atom stereocenters. The number of nitrogens with one attached hydrogen (secondary N) is 1. The highest BCUT2D eigenvalue weighted by atomic mass is 32.2. The van der Waals surface area contributed by atoms with E-state index in [1.807, 2.05) is 48.0 Å². The summed E-state index contributed by atoms with van der Waals surface area (Å²) >= 11 is 1.37. The lowest BCUT2D eigenvalue weighted by Crippen LogP contribution is -2.29. The van der Waals surface area contributed by atoms with Gasteiger partial charge in [-0.1, -0.05) is 11.8 Å². The Morgan fingerprint density at radius 2 is 1.74 bits per heavy atom. The zero-order valence-electron chi connectivity index (χ0n) is 17.9. The molecule has 2 heterocycles. The molecule has 0 unspecified atom stereocenters. The van der Waals surface area contributed by atoms with Crippen LogP contribution in [0.15, 0.2) is 53.7 Å². The Labute approximate surface area is 186 Å². The molecule has 162 valence electrons. The molecule has 3 aromatic rings. The van der Waals surface area contributed by atoms with Gasteiger partial charge in [-0.2, -0.15) is 0 Å². The number of methoxy groups -OCH3 is 1. The first kappa shape index (κ1) is 21.2. The normalized spacial score (nSPS) is 13.8. The van der Waals surface area contributed by atoms with Gasteiger partial charge in [-0.25, -0.2) is 0 Å². The van der Waals surface area contributed by atoms with Gasteiger partial charge in [0.2, 0.25) is 5.91 Å². The van der Waals surface area contributed by atoms with Crippen molar-refractivity contribution >= 4 is 29.0 Å². The van der Waals surface area contributed by atoms with Crippen LogP contribution in [0.5, 0.6) is 5.75 Å². The van der Waals surface area contributed by atoms with Crippen LogP contribution in [0.4, 0.5) is 11.4 Å². The van der Waals surface area contributed by atoms with Crippen molar-refractivity contribution in [2.24, 2.45) is 7.05 Å². The van der Waals surface area contributed by atoms with E-state index >= 15 is 0 Å². The minimum atomic E-state index is -0.0651. The van der Waals surface area contributed by atoms with E-state index < -0.39 is 0 Å². The SMILES string of the molecule is COc1ccc(-c2nnc(SCC(=O)Nc3ccc(N4CCCCC4)cc3)n2C)cc1. The van der Waals surface area contributed by atoms with Crippen molar-refractivity contribution in [2.45, 2.75) is 24.4 Å². The number of benzene rings is 2. The third-order valence-corrected chi connectivity index (χ3v) is 6.41. The Bertz CT molecular complexity index is 1010. The van der Waals surface area contributed by atoms with Crippen LogP contribution in [0.25, 0.3) is 11.4 Å². The van der Waals surface area contributed by atoms with Gasteiger partial charge in [-0.3, -0.25) is 4.79 Å². The summed E-state index contributed by atoms with van der Waals surface area (Å²) in [6.45, 7) is 2.22. The third-order valence-electron chi connectivity index (χ3n) is 5.39. The van der Waals surface area contributed by atoms with Crippen molar-refractivity contribution in [1.29, 1.82) is 0 Å². The average Bonchev–Trinajstić information content (AvgIpc) is 3.19. The summed E-state index contributed by atoms with van der Waals surface area (Å²) in [5, 5.41) is 12.2. The summed E-state index contributed by atoms with van der Waals surface area (Å²) < 4.78 is 7.09. The second kappa shape index (κ2) is 9.87. The summed E-state index contributed by atoms with van der Waals surface area (Å²) in [4.78, 5) is 14.8. The Morgan fingerprint density at radius 3 is 2.42 bits per heavy atom. The molecule has 1 amide bonds. The van der Waals surface area contributed by atoms with Crippen LogP contribution in [0.2, 0.25) is 0 Å². The topological polar surface area (TPSA) is 72.3 Å². The third kappa shape index (κ3) is 5.19. The molecular formula is C23H27N5O2S. The maximum atomic E-state index is 12.4. The predicted molar refractivity (Wildman–Crippen MR) is 125 cm³/mol. The van der Waals surface area contributed by atoms with E-state index in [2.05, 4.69) is 32.5 Å². The van der Waals surface area contributed by atoms with Gasteiger partial charge in [0.15, 0.2) is 11.0 Å². The summed E-state index contributed by atoms with van der Waals surface area (Å²) in [7, 11) is 3.54. The molecule has 4 rings (SSSR count). The van der Waals surface area contributed by atoms with Gasteiger partial charge in [0.05, 0.1) is 12.9 Å². The molecule has 2 aromatic carbocycles. The molecule has 1 saturated heterocycles. The number of rotatable bonds is 7.